The normalized spacial score (nSPS) is 30.3. The Bertz CT molecular complexity index is 277. The maximum Gasteiger partial charge on any atom is 0.281 e. The molecule has 2 unspecified atom stereocenters. The van der Waals surface area contributed by atoms with Crippen LogP contribution < -0.4 is 11.0 Å². The molecule has 14 heavy (non-hydrogen) atoms. The molecule has 0 saturated heterocycles. The summed E-state index contributed by atoms with van der Waals surface area (Å²) in [7, 11) is -8.26. The van der Waals surface area contributed by atoms with E-state index in [4.69, 9.17) is 11.0 Å². The van der Waals surface area contributed by atoms with Crippen molar-refractivity contribution < 1.29 is 18.9 Å². The van der Waals surface area contributed by atoms with Crippen molar-refractivity contribution in [2.75, 3.05) is 0 Å². The van der Waals surface area contributed by atoms with Crippen LogP contribution in [0.1, 0.15) is 32.1 Å². The second-order valence-electron chi connectivity index (χ2n) is 3.79. The zero-order valence-corrected chi connectivity index (χ0v) is 9.58. The van der Waals surface area contributed by atoms with Crippen molar-refractivity contribution in [1.82, 2.24) is 0 Å². The number of hydrogen-bond donors (Lipinski definition) is 4. The zero-order chi connectivity index (χ0) is 11.0. The van der Waals surface area contributed by atoms with Gasteiger partial charge in [-0.2, -0.15) is 0 Å². The number of rotatable bonds is 2. The average molecular weight is 242 g/mol. The highest BCUT2D eigenvalue weighted by molar-refractivity contribution is 7.75. The highest BCUT2D eigenvalue weighted by Crippen LogP contribution is 2.70. The summed E-state index contributed by atoms with van der Waals surface area (Å²) in [6, 6.07) is 0. The molecule has 0 radical (unpaired) electrons. The maximum atomic E-state index is 11.5. The third kappa shape index (κ3) is 1.96. The summed E-state index contributed by atoms with van der Waals surface area (Å²) >= 11 is 0. The Morgan fingerprint density at radius 2 is 1.29 bits per heavy atom. The summed E-state index contributed by atoms with van der Waals surface area (Å²) in [6.07, 6.45) is 2.41. The lowest BCUT2D eigenvalue weighted by Crippen LogP contribution is -2.36. The molecule has 2 atom stereocenters. The minimum absolute atomic E-state index is 0.154. The van der Waals surface area contributed by atoms with Crippen molar-refractivity contribution in [3.8, 4) is 0 Å². The van der Waals surface area contributed by atoms with Crippen molar-refractivity contribution in [1.29, 1.82) is 0 Å². The summed E-state index contributed by atoms with van der Waals surface area (Å²) in [6.45, 7) is 0. The van der Waals surface area contributed by atoms with E-state index < -0.39 is 19.9 Å². The molecule has 1 aliphatic carbocycles. The smallest absolute Gasteiger partial charge is 0.281 e. The first-order chi connectivity index (χ1) is 6.21. The summed E-state index contributed by atoms with van der Waals surface area (Å²) in [5.41, 5.74) is 10.3. The lowest BCUT2D eigenvalue weighted by Gasteiger charge is -2.39. The molecule has 0 aromatic heterocycles. The quantitative estimate of drug-likeness (QED) is 0.533. The second-order valence-corrected chi connectivity index (χ2v) is 8.35. The minimum Gasteiger partial charge on any atom is -0.333 e. The van der Waals surface area contributed by atoms with Crippen LogP contribution in [-0.4, -0.2) is 14.7 Å². The molecule has 6 nitrogen and oxygen atoms in total. The molecule has 1 aliphatic rings. The Balaban J connectivity index is 3.15. The minimum atomic E-state index is -4.13. The predicted molar refractivity (Wildman–Crippen MR) is 53.8 cm³/mol. The Morgan fingerprint density at radius 1 is 0.929 bits per heavy atom. The highest BCUT2D eigenvalue weighted by Gasteiger charge is 2.56. The van der Waals surface area contributed by atoms with Gasteiger partial charge in [-0.25, -0.2) is 0 Å². The van der Waals surface area contributed by atoms with Crippen LogP contribution in [0.5, 0.6) is 0 Å². The summed E-state index contributed by atoms with van der Waals surface area (Å²) in [4.78, 5) is 17.0. The second kappa shape index (κ2) is 3.71. The van der Waals surface area contributed by atoms with Gasteiger partial charge < -0.3 is 9.79 Å². The zero-order valence-electron chi connectivity index (χ0n) is 7.80. The van der Waals surface area contributed by atoms with Gasteiger partial charge in [0.05, 0.1) is 0 Å². The first-order valence-electron chi connectivity index (χ1n) is 4.44. The van der Waals surface area contributed by atoms with Crippen molar-refractivity contribution in [3.63, 3.8) is 0 Å². The first-order valence-corrected chi connectivity index (χ1v) is 7.89. The molecule has 84 valence electrons. The Morgan fingerprint density at radius 3 is 1.50 bits per heavy atom. The lowest BCUT2D eigenvalue weighted by molar-refractivity contribution is 0.362. The fourth-order valence-corrected chi connectivity index (χ4v) is 5.52. The van der Waals surface area contributed by atoms with Crippen molar-refractivity contribution in [2.45, 2.75) is 37.0 Å². The highest BCUT2D eigenvalue weighted by atomic mass is 31.2. The molecule has 0 spiro atoms. The van der Waals surface area contributed by atoms with Crippen LogP contribution in [0.15, 0.2) is 0 Å². The van der Waals surface area contributed by atoms with Crippen molar-refractivity contribution >= 4 is 15.0 Å². The Hall–Kier alpha value is 0.300. The molecule has 6 N–H and O–H groups in total. The summed E-state index contributed by atoms with van der Waals surface area (Å²) in [5.74, 6) is 0. The van der Waals surface area contributed by atoms with Gasteiger partial charge in [0.15, 0.2) is 0 Å². The van der Waals surface area contributed by atoms with Gasteiger partial charge in [-0.15, -0.1) is 0 Å². The van der Waals surface area contributed by atoms with E-state index in [9.17, 15) is 18.9 Å². The predicted octanol–water partition coefficient (Wildman–Crippen LogP) is 0.935. The van der Waals surface area contributed by atoms with Gasteiger partial charge in [0.2, 0.25) is 0 Å². The van der Waals surface area contributed by atoms with Crippen LogP contribution in [0.25, 0.3) is 0 Å². The van der Waals surface area contributed by atoms with E-state index in [0.29, 0.717) is 12.8 Å². The average Bonchev–Trinajstić information content (AvgIpc) is 2.02. The fraction of sp³-hybridized carbons (Fsp3) is 1.00. The van der Waals surface area contributed by atoms with Gasteiger partial charge in [0.25, 0.3) is 15.0 Å². The lowest BCUT2D eigenvalue weighted by atomic mass is 9.99. The maximum absolute atomic E-state index is 11.5. The third-order valence-corrected chi connectivity index (χ3v) is 7.85. The van der Waals surface area contributed by atoms with Crippen LogP contribution in [0, 0.1) is 0 Å². The summed E-state index contributed by atoms with van der Waals surface area (Å²) in [5, 5.41) is 0. The molecular weight excluding hydrogens is 226 g/mol. The molecule has 0 amide bonds. The molecule has 0 heterocycles. The molecule has 1 rings (SSSR count). The SMILES string of the molecule is NP(=O)(O)C1(P(N)(=O)O)CCCCC1. The Labute approximate surface area is 82.7 Å². The molecule has 0 aliphatic heterocycles. The van der Waals surface area contributed by atoms with E-state index in [1.54, 1.807) is 0 Å². The van der Waals surface area contributed by atoms with Gasteiger partial charge in [0.1, 0.15) is 4.90 Å². The van der Waals surface area contributed by atoms with E-state index in [2.05, 4.69) is 0 Å². The van der Waals surface area contributed by atoms with E-state index in [1.807, 2.05) is 0 Å². The first kappa shape index (κ1) is 12.4. The van der Waals surface area contributed by atoms with E-state index in [1.165, 1.54) is 0 Å². The van der Waals surface area contributed by atoms with Crippen LogP contribution >= 0.6 is 15.0 Å². The topological polar surface area (TPSA) is 127 Å². The van der Waals surface area contributed by atoms with Gasteiger partial charge in [0, 0.05) is 0 Å². The molecule has 1 fully saturated rings. The molecule has 0 aromatic carbocycles. The number of nitrogens with two attached hydrogens (primary N) is 2. The van der Waals surface area contributed by atoms with E-state index >= 15 is 0 Å². The van der Waals surface area contributed by atoms with Gasteiger partial charge in [-0.05, 0) is 12.8 Å². The van der Waals surface area contributed by atoms with Crippen LogP contribution in [-0.2, 0) is 9.13 Å². The standard InChI is InChI=1S/C6H16N2O4P2/c7-13(9,10)6(14(8,11)12)4-2-1-3-5-6/h1-5H2,(H3,7,9,10)(H3,8,11,12). The van der Waals surface area contributed by atoms with Gasteiger partial charge >= 0.3 is 0 Å². The van der Waals surface area contributed by atoms with Crippen LogP contribution in [0.2, 0.25) is 0 Å². The van der Waals surface area contributed by atoms with Crippen molar-refractivity contribution in [2.24, 2.45) is 11.0 Å². The number of hydrogen-bond acceptors (Lipinski definition) is 2. The van der Waals surface area contributed by atoms with E-state index in [0.717, 1.165) is 6.42 Å². The summed E-state index contributed by atoms with van der Waals surface area (Å²) < 4.78 is 22.9. The molecule has 1 saturated carbocycles. The molecule has 8 heteroatoms. The van der Waals surface area contributed by atoms with E-state index in [-0.39, 0.29) is 12.8 Å². The monoisotopic (exact) mass is 242 g/mol. The van der Waals surface area contributed by atoms with Crippen molar-refractivity contribution in [3.05, 3.63) is 0 Å². The molecule has 0 aromatic rings. The third-order valence-electron chi connectivity index (χ3n) is 2.85. The van der Waals surface area contributed by atoms with Crippen LogP contribution in [0.3, 0.4) is 0 Å². The largest absolute Gasteiger partial charge is 0.333 e. The Kier molecular flexibility index (Phi) is 3.27. The molecular formula is C6H16N2O4P2. The van der Waals surface area contributed by atoms with Crippen LogP contribution in [0.4, 0.5) is 0 Å². The fourth-order valence-electron chi connectivity index (χ4n) is 1.96. The molecule has 0 bridgehead atoms. The van der Waals surface area contributed by atoms with Gasteiger partial charge in [-0.3, -0.25) is 20.1 Å². The van der Waals surface area contributed by atoms with Gasteiger partial charge in [-0.1, -0.05) is 19.3 Å².